The SMILES string of the molecule is CN(C1COc2cc(Cl)ccc2O1)S(=O)(=O)OC(N)=O. The van der Waals surface area contributed by atoms with Crippen LogP contribution in [0.3, 0.4) is 0 Å². The van der Waals surface area contributed by atoms with Gasteiger partial charge in [-0.05, 0) is 12.1 Å². The smallest absolute Gasteiger partial charge is 0.421 e. The Kier molecular flexibility index (Phi) is 3.93. The molecule has 10 heteroatoms. The summed E-state index contributed by atoms with van der Waals surface area (Å²) >= 11 is 5.79. The second-order valence-corrected chi connectivity index (χ2v) is 5.89. The van der Waals surface area contributed by atoms with Crippen molar-refractivity contribution in [3.8, 4) is 11.5 Å². The highest BCUT2D eigenvalue weighted by Crippen LogP contribution is 2.34. The molecule has 1 aromatic carbocycles. The fraction of sp³-hybridized carbons (Fsp3) is 0.300. The minimum absolute atomic E-state index is 0.0921. The fourth-order valence-electron chi connectivity index (χ4n) is 1.52. The number of likely N-dealkylation sites (N-methyl/N-ethyl adjacent to an activating group) is 1. The number of carbonyl (C=O) groups is 1. The Hall–Kier alpha value is -1.71. The Morgan fingerprint density at radius 1 is 1.50 bits per heavy atom. The maximum atomic E-state index is 11.7. The molecule has 110 valence electrons. The van der Waals surface area contributed by atoms with Crippen LogP contribution in [0.4, 0.5) is 4.79 Å². The monoisotopic (exact) mass is 322 g/mol. The van der Waals surface area contributed by atoms with Gasteiger partial charge in [0.05, 0.1) is 0 Å². The fourth-order valence-corrected chi connectivity index (χ4v) is 2.40. The highest BCUT2D eigenvalue weighted by Gasteiger charge is 2.34. The number of nitrogens with zero attached hydrogens (tertiary/aromatic N) is 1. The summed E-state index contributed by atoms with van der Waals surface area (Å²) in [5.41, 5.74) is 4.69. The standard InChI is InChI=1S/C10H11ClN2O6S/c1-13(20(15,16)19-10(12)14)9-5-17-8-4-6(11)2-3-7(8)18-9/h2-4,9H,5H2,1H3,(H2,12,14). The number of carbonyl (C=O) groups excluding carboxylic acids is 1. The maximum Gasteiger partial charge on any atom is 0.421 e. The molecule has 1 heterocycles. The number of benzene rings is 1. The van der Waals surface area contributed by atoms with Crippen molar-refractivity contribution in [3.63, 3.8) is 0 Å². The van der Waals surface area contributed by atoms with E-state index in [2.05, 4.69) is 9.92 Å². The van der Waals surface area contributed by atoms with Gasteiger partial charge in [0.1, 0.15) is 6.61 Å². The first-order valence-corrected chi connectivity index (χ1v) is 7.10. The lowest BCUT2D eigenvalue weighted by molar-refractivity contribution is 0.0211. The van der Waals surface area contributed by atoms with Crippen LogP contribution in [0.15, 0.2) is 18.2 Å². The van der Waals surface area contributed by atoms with Crippen LogP contribution in [-0.2, 0) is 14.5 Å². The molecule has 0 fully saturated rings. The molecule has 0 aromatic heterocycles. The number of hydrogen-bond acceptors (Lipinski definition) is 6. The number of fused-ring (bicyclic) bond motifs is 1. The topological polar surface area (TPSA) is 108 Å². The minimum atomic E-state index is -4.34. The summed E-state index contributed by atoms with van der Waals surface area (Å²) in [5, 5.41) is 0.462. The molecule has 8 nitrogen and oxygen atoms in total. The summed E-state index contributed by atoms with van der Waals surface area (Å²) < 4.78 is 38.8. The number of rotatable bonds is 3. The van der Waals surface area contributed by atoms with Gasteiger partial charge < -0.3 is 19.4 Å². The lowest BCUT2D eigenvalue weighted by Crippen LogP contribution is -2.47. The van der Waals surface area contributed by atoms with Crippen LogP contribution in [0, 0.1) is 0 Å². The van der Waals surface area contributed by atoms with E-state index in [1.807, 2.05) is 0 Å². The predicted molar refractivity (Wildman–Crippen MR) is 68.7 cm³/mol. The van der Waals surface area contributed by atoms with Gasteiger partial charge in [-0.2, -0.15) is 8.42 Å². The summed E-state index contributed by atoms with van der Waals surface area (Å²) in [4.78, 5) is 10.5. The summed E-state index contributed by atoms with van der Waals surface area (Å²) in [6, 6.07) is 4.65. The zero-order valence-corrected chi connectivity index (χ0v) is 11.8. The van der Waals surface area contributed by atoms with Gasteiger partial charge in [-0.1, -0.05) is 11.6 Å². The van der Waals surface area contributed by atoms with E-state index in [4.69, 9.17) is 21.1 Å². The van der Waals surface area contributed by atoms with Gasteiger partial charge in [0, 0.05) is 18.1 Å². The predicted octanol–water partition coefficient (Wildman–Crippen LogP) is 0.709. The molecule has 0 bridgehead atoms. The lowest BCUT2D eigenvalue weighted by atomic mass is 10.3. The molecule has 0 radical (unpaired) electrons. The third kappa shape index (κ3) is 3.06. The van der Waals surface area contributed by atoms with Crippen LogP contribution in [-0.4, -0.2) is 38.7 Å². The zero-order valence-electron chi connectivity index (χ0n) is 10.3. The number of primary amides is 1. The third-order valence-corrected chi connectivity index (χ3v) is 4.05. The first-order chi connectivity index (χ1) is 9.29. The van der Waals surface area contributed by atoms with Crippen molar-refractivity contribution < 1.29 is 26.9 Å². The normalized spacial score (nSPS) is 17.9. The number of nitrogens with two attached hydrogens (primary N) is 1. The van der Waals surface area contributed by atoms with Gasteiger partial charge in [-0.25, -0.2) is 4.79 Å². The first-order valence-electron chi connectivity index (χ1n) is 5.35. The number of hydrogen-bond donors (Lipinski definition) is 1. The van der Waals surface area contributed by atoms with Crippen molar-refractivity contribution in [2.24, 2.45) is 5.73 Å². The van der Waals surface area contributed by atoms with E-state index < -0.39 is 22.6 Å². The van der Waals surface area contributed by atoms with Gasteiger partial charge in [0.2, 0.25) is 6.23 Å². The second kappa shape index (κ2) is 5.35. The molecule has 1 unspecified atom stereocenters. The van der Waals surface area contributed by atoms with Crippen LogP contribution < -0.4 is 15.2 Å². The number of amides is 1. The van der Waals surface area contributed by atoms with Gasteiger partial charge in [-0.3, -0.25) is 0 Å². The molecule has 0 spiro atoms. The molecule has 1 aliphatic rings. The molecule has 1 aromatic rings. The lowest BCUT2D eigenvalue weighted by Gasteiger charge is -2.31. The molecular weight excluding hydrogens is 312 g/mol. The van der Waals surface area contributed by atoms with Crippen molar-refractivity contribution >= 4 is 28.0 Å². The quantitative estimate of drug-likeness (QED) is 0.878. The van der Waals surface area contributed by atoms with Gasteiger partial charge in [0.25, 0.3) is 0 Å². The Labute approximate surface area is 120 Å². The molecule has 20 heavy (non-hydrogen) atoms. The maximum absolute atomic E-state index is 11.7. The van der Waals surface area contributed by atoms with Crippen LogP contribution in [0.1, 0.15) is 0 Å². The van der Waals surface area contributed by atoms with Gasteiger partial charge in [0.15, 0.2) is 11.5 Å². The van der Waals surface area contributed by atoms with Crippen LogP contribution in [0.2, 0.25) is 5.02 Å². The molecule has 1 atom stereocenters. The largest absolute Gasteiger partial charge is 0.484 e. The van der Waals surface area contributed by atoms with Crippen molar-refractivity contribution in [1.29, 1.82) is 0 Å². The highest BCUT2D eigenvalue weighted by atomic mass is 35.5. The van der Waals surface area contributed by atoms with Crippen molar-refractivity contribution in [3.05, 3.63) is 23.2 Å². The summed E-state index contributed by atoms with van der Waals surface area (Å²) in [7, 11) is -3.17. The van der Waals surface area contributed by atoms with E-state index in [1.165, 1.54) is 7.05 Å². The molecule has 0 aliphatic carbocycles. The second-order valence-electron chi connectivity index (χ2n) is 3.85. The highest BCUT2D eigenvalue weighted by molar-refractivity contribution is 7.84. The van der Waals surface area contributed by atoms with Gasteiger partial charge >= 0.3 is 16.4 Å². The molecule has 1 aliphatic heterocycles. The Morgan fingerprint density at radius 2 is 2.20 bits per heavy atom. The van der Waals surface area contributed by atoms with E-state index in [9.17, 15) is 13.2 Å². The van der Waals surface area contributed by atoms with E-state index >= 15 is 0 Å². The Morgan fingerprint density at radius 3 is 2.85 bits per heavy atom. The number of halogens is 1. The zero-order chi connectivity index (χ0) is 14.9. The van der Waals surface area contributed by atoms with Crippen molar-refractivity contribution in [2.75, 3.05) is 13.7 Å². The molecule has 2 rings (SSSR count). The minimum Gasteiger partial charge on any atom is -0.484 e. The van der Waals surface area contributed by atoms with Crippen LogP contribution in [0.25, 0.3) is 0 Å². The average molecular weight is 323 g/mol. The average Bonchev–Trinajstić information content (AvgIpc) is 2.35. The van der Waals surface area contributed by atoms with Crippen molar-refractivity contribution in [1.82, 2.24) is 4.31 Å². The first kappa shape index (κ1) is 14.7. The van der Waals surface area contributed by atoms with E-state index in [0.29, 0.717) is 20.8 Å². The molecule has 0 saturated heterocycles. The third-order valence-electron chi connectivity index (χ3n) is 2.50. The van der Waals surface area contributed by atoms with Crippen LogP contribution in [0.5, 0.6) is 11.5 Å². The van der Waals surface area contributed by atoms with E-state index in [0.717, 1.165) is 0 Å². The molecule has 2 N–H and O–H groups in total. The Balaban J connectivity index is 2.16. The van der Waals surface area contributed by atoms with Crippen LogP contribution >= 0.6 is 11.6 Å². The van der Waals surface area contributed by atoms with E-state index in [-0.39, 0.29) is 6.61 Å². The Bertz CT molecular complexity index is 635. The molecule has 1 amide bonds. The number of ether oxygens (including phenoxy) is 2. The molecule has 0 saturated carbocycles. The summed E-state index contributed by atoms with van der Waals surface area (Å²) in [5.74, 6) is 0.724. The van der Waals surface area contributed by atoms with Gasteiger partial charge in [-0.15, -0.1) is 4.31 Å². The summed E-state index contributed by atoms with van der Waals surface area (Å²) in [6.45, 7) is -0.0921. The molecular formula is C10H11ClN2O6S. The van der Waals surface area contributed by atoms with E-state index in [1.54, 1.807) is 18.2 Å². The van der Waals surface area contributed by atoms with Crippen molar-refractivity contribution in [2.45, 2.75) is 6.23 Å². The summed E-state index contributed by atoms with van der Waals surface area (Å²) in [6.07, 6.45) is -2.42.